The number of rotatable bonds is 8. The predicted molar refractivity (Wildman–Crippen MR) is 142 cm³/mol. The number of aliphatic hydroxyl groups excluding tert-OH is 1. The van der Waals surface area contributed by atoms with Crippen molar-refractivity contribution in [1.82, 2.24) is 15.2 Å². The molecule has 2 aliphatic rings. The van der Waals surface area contributed by atoms with E-state index in [1.54, 1.807) is 11.9 Å². The number of aliphatic hydroxyl groups is 1. The third-order valence-electron chi connectivity index (χ3n) is 7.37. The molecule has 2 aromatic rings. The van der Waals surface area contributed by atoms with Crippen LogP contribution >= 0.6 is 11.8 Å². The van der Waals surface area contributed by atoms with Crippen molar-refractivity contribution in [3.05, 3.63) is 53.5 Å². The second-order valence-electron chi connectivity index (χ2n) is 9.81. The van der Waals surface area contributed by atoms with E-state index in [-0.39, 0.29) is 35.3 Å². The van der Waals surface area contributed by atoms with Crippen LogP contribution in [0, 0.1) is 5.82 Å². The van der Waals surface area contributed by atoms with Crippen LogP contribution in [0.4, 0.5) is 10.2 Å². The summed E-state index contributed by atoms with van der Waals surface area (Å²) in [7, 11) is 1.66. The highest BCUT2D eigenvalue weighted by atomic mass is 32.2. The van der Waals surface area contributed by atoms with E-state index in [2.05, 4.69) is 10.3 Å². The van der Waals surface area contributed by atoms with Crippen molar-refractivity contribution in [2.24, 2.45) is 0 Å². The lowest BCUT2D eigenvalue weighted by atomic mass is 9.89. The number of nitrogens with zero attached hydrogens (tertiary/aromatic N) is 3. The van der Waals surface area contributed by atoms with Gasteiger partial charge < -0.3 is 20.4 Å². The van der Waals surface area contributed by atoms with E-state index in [1.165, 1.54) is 29.2 Å². The number of benzene rings is 1. The number of aromatic nitrogens is 1. The first-order chi connectivity index (χ1) is 18.3. The fourth-order valence-corrected chi connectivity index (χ4v) is 6.20. The van der Waals surface area contributed by atoms with Crippen molar-refractivity contribution in [2.75, 3.05) is 23.5 Å². The van der Waals surface area contributed by atoms with Crippen LogP contribution in [0.1, 0.15) is 60.6 Å². The molecule has 3 amide bonds. The number of carbonyl (C=O) groups is 3. The number of halogens is 1. The van der Waals surface area contributed by atoms with Gasteiger partial charge in [0.05, 0.1) is 11.8 Å². The SMILES string of the molecule is CN(C(=O)c1cc(F)cnc1N(C=O)C1CCSCC1)[C@H]1CC[C@@H](NC(=O)C(O)c2ccc(O)cc2)CC1. The van der Waals surface area contributed by atoms with Crippen LogP contribution in [-0.2, 0) is 9.59 Å². The zero-order valence-corrected chi connectivity index (χ0v) is 22.1. The van der Waals surface area contributed by atoms with Gasteiger partial charge in [0.25, 0.3) is 11.8 Å². The van der Waals surface area contributed by atoms with Gasteiger partial charge in [0.1, 0.15) is 17.4 Å². The molecule has 38 heavy (non-hydrogen) atoms. The number of phenolic OH excluding ortho intramolecular Hbond substituents is 1. The molecule has 0 radical (unpaired) electrons. The van der Waals surface area contributed by atoms with Crippen molar-refractivity contribution in [3.8, 4) is 5.75 Å². The number of carbonyl (C=O) groups excluding carboxylic acids is 3. The van der Waals surface area contributed by atoms with E-state index in [0.29, 0.717) is 37.7 Å². The molecule has 1 aromatic heterocycles. The summed E-state index contributed by atoms with van der Waals surface area (Å²) in [5, 5.41) is 22.6. The molecular weight excluding hydrogens is 511 g/mol. The van der Waals surface area contributed by atoms with E-state index in [9.17, 15) is 29.0 Å². The fraction of sp³-hybridized carbons (Fsp3) is 0.481. The molecule has 204 valence electrons. The van der Waals surface area contributed by atoms with E-state index in [1.807, 2.05) is 11.8 Å². The Hall–Kier alpha value is -3.18. The third-order valence-corrected chi connectivity index (χ3v) is 8.42. The maximum atomic E-state index is 14.2. The number of aromatic hydroxyl groups is 1. The highest BCUT2D eigenvalue weighted by Crippen LogP contribution is 2.30. The molecule has 9 nitrogen and oxygen atoms in total. The zero-order chi connectivity index (χ0) is 27.2. The number of amides is 3. The van der Waals surface area contributed by atoms with Gasteiger partial charge in [0, 0.05) is 25.2 Å². The van der Waals surface area contributed by atoms with Crippen molar-refractivity contribution in [1.29, 1.82) is 0 Å². The van der Waals surface area contributed by atoms with Gasteiger partial charge in [-0.05, 0) is 73.8 Å². The first-order valence-corrected chi connectivity index (χ1v) is 14.0. The molecule has 2 heterocycles. The van der Waals surface area contributed by atoms with E-state index >= 15 is 0 Å². The number of anilines is 1. The molecule has 1 saturated heterocycles. The Morgan fingerprint density at radius 1 is 1.11 bits per heavy atom. The molecule has 1 unspecified atom stereocenters. The molecule has 1 aromatic carbocycles. The van der Waals surface area contributed by atoms with Gasteiger partial charge >= 0.3 is 0 Å². The van der Waals surface area contributed by atoms with Gasteiger partial charge in [-0.15, -0.1) is 0 Å². The predicted octanol–water partition coefficient (Wildman–Crippen LogP) is 3.02. The Bertz CT molecular complexity index is 1140. The van der Waals surface area contributed by atoms with Gasteiger partial charge in [-0.1, -0.05) is 12.1 Å². The van der Waals surface area contributed by atoms with Crippen LogP contribution < -0.4 is 10.2 Å². The van der Waals surface area contributed by atoms with Crippen LogP contribution in [0.15, 0.2) is 36.5 Å². The first kappa shape index (κ1) is 27.8. The van der Waals surface area contributed by atoms with E-state index < -0.39 is 23.7 Å². The van der Waals surface area contributed by atoms with Crippen LogP contribution in [0.2, 0.25) is 0 Å². The molecule has 1 saturated carbocycles. The van der Waals surface area contributed by atoms with Crippen LogP contribution in [0.3, 0.4) is 0 Å². The van der Waals surface area contributed by atoms with E-state index in [4.69, 9.17) is 0 Å². The average Bonchev–Trinajstić information content (AvgIpc) is 2.94. The normalized spacial score (nSPS) is 20.8. The number of thioether (sulfide) groups is 1. The van der Waals surface area contributed by atoms with Crippen molar-refractivity contribution in [2.45, 2.75) is 62.8 Å². The van der Waals surface area contributed by atoms with Gasteiger partial charge in [-0.25, -0.2) is 9.37 Å². The Morgan fingerprint density at radius 2 is 1.76 bits per heavy atom. The molecule has 11 heteroatoms. The summed E-state index contributed by atoms with van der Waals surface area (Å²) in [5.41, 5.74) is 0.445. The fourth-order valence-electron chi connectivity index (χ4n) is 5.12. The topological polar surface area (TPSA) is 123 Å². The largest absolute Gasteiger partial charge is 0.508 e. The lowest BCUT2D eigenvalue weighted by Crippen LogP contribution is -2.46. The summed E-state index contributed by atoms with van der Waals surface area (Å²) in [6.07, 6.45) is 4.34. The van der Waals surface area contributed by atoms with Crippen LogP contribution in [0.5, 0.6) is 5.75 Å². The lowest BCUT2D eigenvalue weighted by molar-refractivity contribution is -0.130. The van der Waals surface area contributed by atoms with Crippen molar-refractivity contribution >= 4 is 35.8 Å². The molecule has 1 aliphatic heterocycles. The smallest absolute Gasteiger partial charge is 0.257 e. The highest BCUT2D eigenvalue weighted by Gasteiger charge is 2.32. The first-order valence-electron chi connectivity index (χ1n) is 12.8. The lowest BCUT2D eigenvalue weighted by Gasteiger charge is -2.36. The Morgan fingerprint density at radius 3 is 2.39 bits per heavy atom. The molecule has 1 atom stereocenters. The number of hydrogen-bond acceptors (Lipinski definition) is 7. The summed E-state index contributed by atoms with van der Waals surface area (Å²) in [5.74, 6) is 0.476. The summed E-state index contributed by atoms with van der Waals surface area (Å²) >= 11 is 1.82. The molecule has 4 rings (SSSR count). The monoisotopic (exact) mass is 544 g/mol. The van der Waals surface area contributed by atoms with Gasteiger partial charge in [-0.3, -0.25) is 19.3 Å². The van der Waals surface area contributed by atoms with Gasteiger partial charge in [-0.2, -0.15) is 11.8 Å². The quantitative estimate of drug-likeness (QED) is 0.437. The molecule has 0 spiro atoms. The third kappa shape index (κ3) is 6.44. The number of hydrogen-bond donors (Lipinski definition) is 3. The summed E-state index contributed by atoms with van der Waals surface area (Å²) < 4.78 is 14.2. The van der Waals surface area contributed by atoms with Gasteiger partial charge in [0.2, 0.25) is 6.41 Å². The van der Waals surface area contributed by atoms with Crippen LogP contribution in [-0.4, -0.2) is 75.0 Å². The second-order valence-corrected chi connectivity index (χ2v) is 11.0. The minimum atomic E-state index is -1.35. The molecule has 0 bridgehead atoms. The number of nitrogens with one attached hydrogen (secondary N) is 1. The average molecular weight is 545 g/mol. The summed E-state index contributed by atoms with van der Waals surface area (Å²) in [6, 6.07) is 6.57. The molecular formula is C27H33FN4O5S. The maximum absolute atomic E-state index is 14.2. The van der Waals surface area contributed by atoms with Crippen molar-refractivity contribution < 1.29 is 29.0 Å². The maximum Gasteiger partial charge on any atom is 0.257 e. The standard InChI is InChI=1S/C27H33FN4O5S/c1-31(20-6-4-19(5-7-20)30-26(36)24(35)17-2-8-22(34)9-3-17)27(37)23-14-18(28)15-29-25(23)32(16-33)21-10-12-38-13-11-21/h2-3,8-9,14-16,19-21,24,34-35H,4-7,10-13H2,1H3,(H,30,36)/t19-,20+,24?. The number of phenols is 1. The zero-order valence-electron chi connectivity index (χ0n) is 21.3. The molecule has 1 aliphatic carbocycles. The summed E-state index contributed by atoms with van der Waals surface area (Å²) in [6.45, 7) is 0. The molecule has 2 fully saturated rings. The highest BCUT2D eigenvalue weighted by molar-refractivity contribution is 7.99. The van der Waals surface area contributed by atoms with Gasteiger partial charge in [0.15, 0.2) is 6.10 Å². The Balaban J connectivity index is 1.38. The Labute approximate surface area is 225 Å². The minimum Gasteiger partial charge on any atom is -0.508 e. The number of pyridine rings is 1. The Kier molecular flexibility index (Phi) is 9.22. The van der Waals surface area contributed by atoms with Crippen LogP contribution in [0.25, 0.3) is 0 Å². The van der Waals surface area contributed by atoms with Crippen molar-refractivity contribution in [3.63, 3.8) is 0 Å². The van der Waals surface area contributed by atoms with E-state index in [0.717, 1.165) is 36.6 Å². The molecule has 3 N–H and O–H groups in total. The second kappa shape index (κ2) is 12.6. The summed E-state index contributed by atoms with van der Waals surface area (Å²) in [4.78, 5) is 45.2. The minimum absolute atomic E-state index is 0.0476.